The summed E-state index contributed by atoms with van der Waals surface area (Å²) in [6.45, 7) is 6.72. The highest BCUT2D eigenvalue weighted by Crippen LogP contribution is 2.23. The molecule has 6 rings (SSSR count). The van der Waals surface area contributed by atoms with Crippen molar-refractivity contribution in [1.29, 1.82) is 0 Å². The third-order valence-corrected chi connectivity index (χ3v) is 11.4. The Kier molecular flexibility index (Phi) is 14.0. The summed E-state index contributed by atoms with van der Waals surface area (Å²) in [5.41, 5.74) is 2.60. The number of aromatic nitrogens is 3. The lowest BCUT2D eigenvalue weighted by atomic mass is 10.0. The van der Waals surface area contributed by atoms with Crippen molar-refractivity contribution in [3.63, 3.8) is 0 Å². The number of esters is 1. The van der Waals surface area contributed by atoms with Gasteiger partial charge in [0.15, 0.2) is 0 Å². The van der Waals surface area contributed by atoms with Crippen molar-refractivity contribution in [3.05, 3.63) is 156 Å². The van der Waals surface area contributed by atoms with Crippen molar-refractivity contribution in [2.45, 2.75) is 82.2 Å². The van der Waals surface area contributed by atoms with E-state index < -0.39 is 57.6 Å². The molecule has 3 amide bonds. The zero-order valence-electron chi connectivity index (χ0n) is 34.7. The van der Waals surface area contributed by atoms with Gasteiger partial charge in [-0.1, -0.05) is 96.6 Å². The molecule has 16 heteroatoms. The second-order valence-electron chi connectivity index (χ2n) is 15.7. The zero-order valence-corrected chi connectivity index (χ0v) is 35.5. The van der Waals surface area contributed by atoms with Crippen LogP contribution in [0.25, 0.3) is 10.9 Å². The summed E-state index contributed by atoms with van der Waals surface area (Å²) in [6.07, 6.45) is 3.14. The average molecular weight is 861 g/mol. The number of hydrogen-bond donors (Lipinski definition) is 3. The second kappa shape index (κ2) is 19.5. The second-order valence-corrected chi connectivity index (χ2v) is 17.6. The van der Waals surface area contributed by atoms with Crippen LogP contribution in [0.1, 0.15) is 48.7 Å². The number of para-hydroxylation sites is 1. The van der Waals surface area contributed by atoms with Gasteiger partial charge < -0.3 is 25.4 Å². The molecular weight excluding hydrogens is 813 g/mol. The highest BCUT2D eigenvalue weighted by molar-refractivity contribution is 7.90. The Morgan fingerprint density at radius 1 is 0.726 bits per heavy atom. The molecule has 62 heavy (non-hydrogen) atoms. The van der Waals surface area contributed by atoms with Crippen molar-refractivity contribution in [2.24, 2.45) is 0 Å². The molecule has 0 bridgehead atoms. The lowest BCUT2D eigenvalue weighted by Crippen LogP contribution is -2.57. The lowest BCUT2D eigenvalue weighted by Gasteiger charge is -2.26. The maximum absolute atomic E-state index is 14.5. The number of ether oxygens (including phenoxy) is 2. The van der Waals surface area contributed by atoms with Crippen molar-refractivity contribution in [2.75, 3.05) is 0 Å². The summed E-state index contributed by atoms with van der Waals surface area (Å²) in [6, 6.07) is 27.3. The number of imidazole rings is 1. The Morgan fingerprint density at radius 2 is 1.32 bits per heavy atom. The van der Waals surface area contributed by atoms with Crippen LogP contribution in [-0.2, 0) is 64.5 Å². The highest BCUT2D eigenvalue weighted by atomic mass is 32.2. The number of carbonyl (C=O) groups excluding carboxylic acids is 5. The van der Waals surface area contributed by atoms with Crippen LogP contribution >= 0.6 is 0 Å². The predicted molar refractivity (Wildman–Crippen MR) is 231 cm³/mol. The van der Waals surface area contributed by atoms with Crippen molar-refractivity contribution < 1.29 is 41.9 Å². The Bertz CT molecular complexity index is 2640. The van der Waals surface area contributed by atoms with Gasteiger partial charge in [-0.2, -0.15) is 0 Å². The molecule has 0 unspecified atom stereocenters. The molecule has 3 N–H and O–H groups in total. The van der Waals surface area contributed by atoms with Crippen molar-refractivity contribution >= 4 is 51.2 Å². The van der Waals surface area contributed by atoms with E-state index in [2.05, 4.69) is 20.9 Å². The molecule has 0 saturated heterocycles. The maximum atomic E-state index is 14.5. The van der Waals surface area contributed by atoms with Gasteiger partial charge in [0.25, 0.3) is 10.0 Å². The van der Waals surface area contributed by atoms with E-state index in [4.69, 9.17) is 9.47 Å². The van der Waals surface area contributed by atoms with E-state index in [9.17, 15) is 32.4 Å². The largest absolute Gasteiger partial charge is 0.459 e. The fourth-order valence-electron chi connectivity index (χ4n) is 6.66. The van der Waals surface area contributed by atoms with E-state index in [1.807, 2.05) is 31.2 Å². The minimum absolute atomic E-state index is 0.0209. The van der Waals surface area contributed by atoms with Gasteiger partial charge in [-0.25, -0.2) is 27.0 Å². The molecule has 0 aliphatic rings. The number of nitrogens with one attached hydrogen (secondary N) is 3. The fourth-order valence-corrected chi connectivity index (χ4v) is 7.81. The molecule has 6 aromatic rings. The normalized spacial score (nSPS) is 13.0. The van der Waals surface area contributed by atoms with Gasteiger partial charge in [0.05, 0.1) is 16.1 Å². The maximum Gasteiger partial charge on any atom is 0.408 e. The van der Waals surface area contributed by atoms with Crippen LogP contribution < -0.4 is 16.0 Å². The van der Waals surface area contributed by atoms with Gasteiger partial charge in [-0.15, -0.1) is 0 Å². The molecule has 0 saturated carbocycles. The van der Waals surface area contributed by atoms with E-state index in [1.165, 1.54) is 22.9 Å². The van der Waals surface area contributed by atoms with E-state index in [-0.39, 0.29) is 36.5 Å². The molecule has 15 nitrogen and oxygen atoms in total. The van der Waals surface area contributed by atoms with Crippen LogP contribution in [-0.4, -0.2) is 76.0 Å². The van der Waals surface area contributed by atoms with Gasteiger partial charge in [0.1, 0.15) is 36.7 Å². The molecule has 4 aromatic carbocycles. The Labute approximate surface area is 359 Å². The minimum Gasteiger partial charge on any atom is -0.459 e. The summed E-state index contributed by atoms with van der Waals surface area (Å²) in [7, 11) is -4.06. The summed E-state index contributed by atoms with van der Waals surface area (Å²) >= 11 is 0. The quantitative estimate of drug-likeness (QED) is 0.0824. The smallest absolute Gasteiger partial charge is 0.408 e. The Hall–Kier alpha value is -7.07. The number of nitrogens with zero attached hydrogens (tertiary/aromatic N) is 3. The van der Waals surface area contributed by atoms with Crippen molar-refractivity contribution in [3.8, 4) is 0 Å². The number of hydrogen-bond acceptors (Lipinski definition) is 10. The van der Waals surface area contributed by atoms with E-state index in [1.54, 1.807) is 99.8 Å². The van der Waals surface area contributed by atoms with Gasteiger partial charge in [0, 0.05) is 37.0 Å². The molecule has 2 aromatic heterocycles. The first-order chi connectivity index (χ1) is 29.6. The molecule has 0 radical (unpaired) electrons. The first-order valence-electron chi connectivity index (χ1n) is 19.8. The van der Waals surface area contributed by atoms with E-state index in [0.717, 1.165) is 27.0 Å². The van der Waals surface area contributed by atoms with Gasteiger partial charge in [-0.05, 0) is 62.6 Å². The Balaban J connectivity index is 1.32. The van der Waals surface area contributed by atoms with Crippen LogP contribution in [0.4, 0.5) is 4.79 Å². The van der Waals surface area contributed by atoms with Crippen LogP contribution in [0, 0.1) is 6.92 Å². The van der Waals surface area contributed by atoms with Gasteiger partial charge >= 0.3 is 12.1 Å². The van der Waals surface area contributed by atoms with E-state index in [0.29, 0.717) is 22.9 Å². The SMILES string of the molecule is Cc1ccc(S(=O)(=O)n2cnc(C[C@H](NC(=O)OC(C)(C)C)C(=O)N[C@H](Cc3cn(C=O)c4ccccc34)C(=O)N[C@@H](Cc3ccccc3)C(=O)OCc3ccccc3)c2)cc1. The third-order valence-electron chi connectivity index (χ3n) is 9.73. The van der Waals surface area contributed by atoms with Gasteiger partial charge in [-0.3, -0.25) is 19.0 Å². The minimum atomic E-state index is -4.06. The van der Waals surface area contributed by atoms with Crippen LogP contribution in [0.5, 0.6) is 0 Å². The number of amides is 3. The summed E-state index contributed by atoms with van der Waals surface area (Å²) in [5.74, 6) is -2.32. The fraction of sp³-hybridized carbons (Fsp3) is 0.261. The number of aryl methyl sites for hydroxylation is 1. The average Bonchev–Trinajstić information content (AvgIpc) is 3.87. The van der Waals surface area contributed by atoms with E-state index >= 15 is 0 Å². The molecule has 3 atom stereocenters. The molecule has 0 aliphatic carbocycles. The first-order valence-corrected chi connectivity index (χ1v) is 21.3. The molecule has 2 heterocycles. The van der Waals surface area contributed by atoms with Gasteiger partial charge in [0.2, 0.25) is 18.2 Å². The van der Waals surface area contributed by atoms with Crippen LogP contribution in [0.3, 0.4) is 0 Å². The summed E-state index contributed by atoms with van der Waals surface area (Å²) in [4.78, 5) is 72.2. The third kappa shape index (κ3) is 11.6. The number of benzene rings is 4. The standard InChI is InChI=1S/C46H48N6O9S/c1-31-19-21-36(22-20-31)62(58,59)52-27-35(47-29-52)25-39(50-45(57)61-46(2,3)4)43(55)48-38(24-34-26-51(30-53)41-18-12-11-17-37(34)41)42(54)49-40(23-32-13-7-5-8-14-32)44(56)60-28-33-15-9-6-10-16-33/h5-22,26-27,29-30,38-40H,23-25,28H2,1-4H3,(H,48,55)(H,49,54)(H,50,57)/t38-,39+,40+/m1/s1. The first kappa shape index (κ1) is 44.5. The number of rotatable bonds is 17. The molecule has 0 fully saturated rings. The summed E-state index contributed by atoms with van der Waals surface area (Å²) in [5, 5.41) is 8.74. The number of carbonyl (C=O) groups is 5. The number of alkyl carbamates (subject to hydrolysis) is 1. The van der Waals surface area contributed by atoms with Crippen LogP contribution in [0.2, 0.25) is 0 Å². The zero-order chi connectivity index (χ0) is 44.4. The summed E-state index contributed by atoms with van der Waals surface area (Å²) < 4.78 is 40.3. The Morgan fingerprint density at radius 3 is 1.97 bits per heavy atom. The molecular formula is C46H48N6O9S. The van der Waals surface area contributed by atoms with Crippen molar-refractivity contribution in [1.82, 2.24) is 29.5 Å². The predicted octanol–water partition coefficient (Wildman–Crippen LogP) is 5.06. The highest BCUT2D eigenvalue weighted by Gasteiger charge is 2.33. The monoisotopic (exact) mass is 860 g/mol. The molecule has 0 aliphatic heterocycles. The number of fused-ring (bicyclic) bond motifs is 1. The topological polar surface area (TPSA) is 197 Å². The lowest BCUT2D eigenvalue weighted by molar-refractivity contribution is -0.149. The van der Waals surface area contributed by atoms with Crippen LogP contribution in [0.15, 0.2) is 133 Å². The molecule has 0 spiro atoms. The molecule has 322 valence electrons.